The minimum atomic E-state index is -1.08. The Bertz CT molecular complexity index is 874. The number of nitrogens with zero attached hydrogens (tertiary/aromatic N) is 3. The summed E-state index contributed by atoms with van der Waals surface area (Å²) in [5.41, 5.74) is 8.35. The standard InChI is InChI=1S/C15H14N4O2S/c1-19-12(14(20)21)10(16)9-11(8-6-4-3-5-7-8)17-15(22-2)18-13(9)19/h3-7H,16H2,1-2H3,(H,20,21). The Kier molecular flexibility index (Phi) is 3.50. The van der Waals surface area contributed by atoms with Crippen molar-refractivity contribution >= 4 is 34.5 Å². The van der Waals surface area contributed by atoms with Gasteiger partial charge in [0.2, 0.25) is 0 Å². The van der Waals surface area contributed by atoms with Crippen molar-refractivity contribution < 1.29 is 9.90 Å². The number of carbonyl (C=O) groups is 1. The molecule has 0 atom stereocenters. The molecule has 0 spiro atoms. The molecule has 112 valence electrons. The molecular formula is C15H14N4O2S. The van der Waals surface area contributed by atoms with Gasteiger partial charge in [0, 0.05) is 12.6 Å². The second kappa shape index (κ2) is 5.34. The lowest BCUT2D eigenvalue weighted by Crippen LogP contribution is -2.07. The first kappa shape index (κ1) is 14.4. The topological polar surface area (TPSA) is 94.0 Å². The molecule has 2 aromatic heterocycles. The van der Waals surface area contributed by atoms with Gasteiger partial charge in [-0.25, -0.2) is 14.8 Å². The first-order valence-electron chi connectivity index (χ1n) is 6.53. The van der Waals surface area contributed by atoms with E-state index in [4.69, 9.17) is 5.73 Å². The zero-order valence-electron chi connectivity index (χ0n) is 12.1. The largest absolute Gasteiger partial charge is 0.477 e. The van der Waals surface area contributed by atoms with Crippen LogP contribution in [0.4, 0.5) is 5.69 Å². The SMILES string of the molecule is CSc1nc(-c2ccccc2)c2c(N)c(C(=O)O)n(C)c2n1. The van der Waals surface area contributed by atoms with Crippen molar-refractivity contribution in [2.45, 2.75) is 5.16 Å². The van der Waals surface area contributed by atoms with Crippen LogP contribution in [0, 0.1) is 0 Å². The summed E-state index contributed by atoms with van der Waals surface area (Å²) < 4.78 is 1.50. The Morgan fingerprint density at radius 3 is 2.55 bits per heavy atom. The number of hydrogen-bond donors (Lipinski definition) is 2. The average Bonchev–Trinajstić information content (AvgIpc) is 2.78. The lowest BCUT2D eigenvalue weighted by atomic mass is 10.1. The molecule has 0 fully saturated rings. The number of nitrogen functional groups attached to an aromatic ring is 1. The Balaban J connectivity index is 2.46. The number of aromatic nitrogens is 3. The third-order valence-electron chi connectivity index (χ3n) is 3.48. The summed E-state index contributed by atoms with van der Waals surface area (Å²) in [6, 6.07) is 9.55. The Labute approximate surface area is 131 Å². The molecule has 0 amide bonds. The molecule has 6 nitrogen and oxygen atoms in total. The van der Waals surface area contributed by atoms with Gasteiger partial charge in [0.15, 0.2) is 10.9 Å². The van der Waals surface area contributed by atoms with Gasteiger partial charge in [-0.2, -0.15) is 0 Å². The lowest BCUT2D eigenvalue weighted by Gasteiger charge is -2.06. The van der Waals surface area contributed by atoms with Crippen molar-refractivity contribution in [1.29, 1.82) is 0 Å². The molecule has 2 heterocycles. The maximum absolute atomic E-state index is 11.5. The zero-order valence-corrected chi connectivity index (χ0v) is 12.9. The lowest BCUT2D eigenvalue weighted by molar-refractivity contribution is 0.0688. The average molecular weight is 314 g/mol. The fourth-order valence-electron chi connectivity index (χ4n) is 2.48. The number of aryl methyl sites for hydroxylation is 1. The van der Waals surface area contributed by atoms with Crippen LogP contribution < -0.4 is 5.73 Å². The van der Waals surface area contributed by atoms with Crippen LogP contribution >= 0.6 is 11.8 Å². The van der Waals surface area contributed by atoms with E-state index >= 15 is 0 Å². The highest BCUT2D eigenvalue weighted by atomic mass is 32.2. The summed E-state index contributed by atoms with van der Waals surface area (Å²) in [6.07, 6.45) is 1.88. The van der Waals surface area contributed by atoms with Gasteiger partial charge in [0.25, 0.3) is 0 Å². The van der Waals surface area contributed by atoms with E-state index in [0.29, 0.717) is 21.9 Å². The minimum absolute atomic E-state index is 0.0275. The molecule has 3 N–H and O–H groups in total. The fraction of sp³-hybridized carbons (Fsp3) is 0.133. The van der Waals surface area contributed by atoms with Crippen molar-refractivity contribution in [1.82, 2.24) is 14.5 Å². The maximum Gasteiger partial charge on any atom is 0.354 e. The van der Waals surface area contributed by atoms with Gasteiger partial charge in [0.05, 0.1) is 16.8 Å². The summed E-state index contributed by atoms with van der Waals surface area (Å²) in [4.78, 5) is 20.4. The van der Waals surface area contributed by atoms with Crippen LogP contribution in [0.5, 0.6) is 0 Å². The van der Waals surface area contributed by atoms with Crippen LogP contribution in [0.3, 0.4) is 0 Å². The molecule has 0 aliphatic carbocycles. The van der Waals surface area contributed by atoms with Gasteiger partial charge in [-0.1, -0.05) is 42.1 Å². The molecule has 3 aromatic rings. The van der Waals surface area contributed by atoms with Gasteiger partial charge in [-0.05, 0) is 6.26 Å². The quantitative estimate of drug-likeness (QED) is 0.570. The van der Waals surface area contributed by atoms with E-state index in [2.05, 4.69) is 9.97 Å². The van der Waals surface area contributed by atoms with Crippen molar-refractivity contribution in [3.8, 4) is 11.3 Å². The minimum Gasteiger partial charge on any atom is -0.477 e. The molecule has 0 aliphatic heterocycles. The van der Waals surface area contributed by atoms with Crippen LogP contribution in [-0.4, -0.2) is 31.9 Å². The van der Waals surface area contributed by atoms with E-state index < -0.39 is 5.97 Å². The first-order chi connectivity index (χ1) is 10.5. The second-order valence-electron chi connectivity index (χ2n) is 4.75. The number of carboxylic acid groups (broad SMARTS) is 1. The van der Waals surface area contributed by atoms with E-state index in [0.717, 1.165) is 5.56 Å². The summed E-state index contributed by atoms with van der Waals surface area (Å²) in [7, 11) is 1.65. The van der Waals surface area contributed by atoms with E-state index in [9.17, 15) is 9.90 Å². The van der Waals surface area contributed by atoms with E-state index in [-0.39, 0.29) is 11.4 Å². The Morgan fingerprint density at radius 2 is 1.95 bits per heavy atom. The molecule has 0 saturated carbocycles. The van der Waals surface area contributed by atoms with Crippen molar-refractivity contribution in [3.05, 3.63) is 36.0 Å². The molecule has 0 saturated heterocycles. The van der Waals surface area contributed by atoms with Crippen molar-refractivity contribution in [2.24, 2.45) is 7.05 Å². The Morgan fingerprint density at radius 1 is 1.27 bits per heavy atom. The zero-order chi connectivity index (χ0) is 15.9. The third-order valence-corrected chi connectivity index (χ3v) is 4.03. The van der Waals surface area contributed by atoms with Crippen LogP contribution in [0.25, 0.3) is 22.3 Å². The molecule has 0 bridgehead atoms. The van der Waals surface area contributed by atoms with Gasteiger partial charge < -0.3 is 15.4 Å². The number of thioether (sulfide) groups is 1. The van der Waals surface area contributed by atoms with Crippen molar-refractivity contribution in [2.75, 3.05) is 12.0 Å². The number of anilines is 1. The fourth-order valence-corrected chi connectivity index (χ4v) is 2.84. The highest BCUT2D eigenvalue weighted by molar-refractivity contribution is 7.98. The molecule has 22 heavy (non-hydrogen) atoms. The third kappa shape index (κ3) is 2.10. The van der Waals surface area contributed by atoms with E-state index in [1.807, 2.05) is 36.6 Å². The maximum atomic E-state index is 11.5. The smallest absolute Gasteiger partial charge is 0.354 e. The Hall–Kier alpha value is -2.54. The van der Waals surface area contributed by atoms with Gasteiger partial charge in [0.1, 0.15) is 5.65 Å². The van der Waals surface area contributed by atoms with Gasteiger partial charge >= 0.3 is 5.97 Å². The second-order valence-corrected chi connectivity index (χ2v) is 5.52. The molecule has 0 radical (unpaired) electrons. The predicted molar refractivity (Wildman–Crippen MR) is 87.1 cm³/mol. The first-order valence-corrected chi connectivity index (χ1v) is 7.75. The van der Waals surface area contributed by atoms with Gasteiger partial charge in [-0.3, -0.25) is 0 Å². The van der Waals surface area contributed by atoms with Crippen LogP contribution in [0.15, 0.2) is 35.5 Å². The van der Waals surface area contributed by atoms with Crippen molar-refractivity contribution in [3.63, 3.8) is 0 Å². The number of nitrogens with two attached hydrogens (primary N) is 1. The summed E-state index contributed by atoms with van der Waals surface area (Å²) in [5, 5.41) is 10.5. The molecule has 3 rings (SSSR count). The van der Waals surface area contributed by atoms with E-state index in [1.165, 1.54) is 16.3 Å². The number of benzene rings is 1. The summed E-state index contributed by atoms with van der Waals surface area (Å²) >= 11 is 1.40. The number of aromatic carboxylic acids is 1. The normalized spacial score (nSPS) is 11.0. The molecule has 7 heteroatoms. The van der Waals surface area contributed by atoms with Gasteiger partial charge in [-0.15, -0.1) is 0 Å². The number of fused-ring (bicyclic) bond motifs is 1. The molecule has 0 unspecified atom stereocenters. The number of carboxylic acids is 1. The summed E-state index contributed by atoms with van der Waals surface area (Å²) in [6.45, 7) is 0. The predicted octanol–water partition coefficient (Wildman–Crippen LogP) is 2.64. The monoisotopic (exact) mass is 314 g/mol. The van der Waals surface area contributed by atoms with Crippen LogP contribution in [-0.2, 0) is 7.05 Å². The van der Waals surface area contributed by atoms with Crippen LogP contribution in [0.1, 0.15) is 10.5 Å². The van der Waals surface area contributed by atoms with E-state index in [1.54, 1.807) is 7.05 Å². The summed E-state index contributed by atoms with van der Waals surface area (Å²) in [5.74, 6) is -1.08. The molecule has 1 aromatic carbocycles. The number of rotatable bonds is 3. The molecule has 0 aliphatic rings. The highest BCUT2D eigenvalue weighted by Gasteiger charge is 2.23. The number of hydrogen-bond acceptors (Lipinski definition) is 5. The van der Waals surface area contributed by atoms with Crippen LogP contribution in [0.2, 0.25) is 0 Å². The molecular weight excluding hydrogens is 300 g/mol. The highest BCUT2D eigenvalue weighted by Crippen LogP contribution is 2.35.